The molecule has 0 aromatic carbocycles. The molecule has 44 valence electrons. The molecule has 1 heterocycles. The van der Waals surface area contributed by atoms with Gasteiger partial charge in [0.1, 0.15) is 6.21 Å². The lowest BCUT2D eigenvalue weighted by Gasteiger charge is -1.99. The minimum absolute atomic E-state index is 0.888. The van der Waals surface area contributed by atoms with E-state index in [-0.39, 0.29) is 0 Å². The molecule has 0 aliphatic carbocycles. The number of nitrogens with zero attached hydrogens (tertiary/aromatic N) is 1. The molecule has 0 aromatic heterocycles. The van der Waals surface area contributed by atoms with Gasteiger partial charge in [0.2, 0.25) is 0 Å². The summed E-state index contributed by atoms with van der Waals surface area (Å²) < 4.78 is 1.71. The van der Waals surface area contributed by atoms with E-state index in [1.54, 1.807) is 4.58 Å². The van der Waals surface area contributed by atoms with Crippen LogP contribution >= 0.6 is 0 Å². The minimum atomic E-state index is 0.888. The highest BCUT2D eigenvalue weighted by molar-refractivity contribution is 5.57. The summed E-state index contributed by atoms with van der Waals surface area (Å²) in [5, 5.41) is 0. The van der Waals surface area contributed by atoms with Gasteiger partial charge in [0.05, 0.1) is 0 Å². The summed E-state index contributed by atoms with van der Waals surface area (Å²) in [6, 6.07) is 0. The molecule has 1 rings (SSSR count). The van der Waals surface area contributed by atoms with Gasteiger partial charge in [0, 0.05) is 12.8 Å². The number of carbonyl (C=O) groups is 1. The first kappa shape index (κ1) is 5.48. The van der Waals surface area contributed by atoms with Crippen molar-refractivity contribution in [3.63, 3.8) is 0 Å². The van der Waals surface area contributed by atoms with E-state index in [2.05, 4.69) is 0 Å². The van der Waals surface area contributed by atoms with E-state index in [1.807, 2.05) is 6.21 Å². The number of amides is 1. The number of hydrogen-bond acceptors (Lipinski definition) is 1. The van der Waals surface area contributed by atoms with Gasteiger partial charge in [-0.25, -0.2) is 4.79 Å². The van der Waals surface area contributed by atoms with Crippen molar-refractivity contribution < 1.29 is 9.37 Å². The molecule has 0 saturated heterocycles. The van der Waals surface area contributed by atoms with Crippen LogP contribution in [0, 0.1) is 0 Å². The van der Waals surface area contributed by atoms with E-state index in [0.29, 0.717) is 0 Å². The molecule has 0 spiro atoms. The SMILES string of the molecule is O=[13CH][N+]1=CCCC[13CH2]1. The Balaban J connectivity index is 2.49. The second kappa shape index (κ2) is 2.60. The normalized spacial score (nSPS) is 19.8. The Kier molecular flexibility index (Phi) is 1.78. The quantitative estimate of drug-likeness (QED) is 0.274. The molecule has 0 radical (unpaired) electrons. The Hall–Kier alpha value is -0.660. The molecule has 0 bridgehead atoms. The molecule has 1 aliphatic heterocycles. The largest absolute Gasteiger partial charge is 0.374 e. The second-order valence-corrected chi connectivity index (χ2v) is 2.02. The first-order chi connectivity index (χ1) is 3.93. The zero-order valence-corrected chi connectivity index (χ0v) is 4.84. The third-order valence-corrected chi connectivity index (χ3v) is 1.37. The van der Waals surface area contributed by atoms with Crippen LogP contribution in [-0.4, -0.2) is 23.7 Å². The average molecular weight is 114 g/mol. The van der Waals surface area contributed by atoms with E-state index in [4.69, 9.17) is 0 Å². The molecule has 0 aromatic rings. The summed E-state index contributed by atoms with van der Waals surface area (Å²) in [4.78, 5) is 10.1. The van der Waals surface area contributed by atoms with E-state index in [1.165, 1.54) is 6.42 Å². The fourth-order valence-corrected chi connectivity index (χ4v) is 0.883. The van der Waals surface area contributed by atoms with E-state index in [0.717, 1.165) is 25.8 Å². The smallest absolute Gasteiger partial charge is 0.223 e. The molecule has 2 heteroatoms. The number of hydrogen-bond donors (Lipinski definition) is 0. The van der Waals surface area contributed by atoms with Gasteiger partial charge in [-0.15, -0.1) is 0 Å². The summed E-state index contributed by atoms with van der Waals surface area (Å²) in [7, 11) is 0. The Bertz CT molecular complexity index is 118. The van der Waals surface area contributed by atoms with Crippen molar-refractivity contribution in [2.24, 2.45) is 0 Å². The Morgan fingerprint density at radius 3 is 2.75 bits per heavy atom. The summed E-state index contributed by atoms with van der Waals surface area (Å²) >= 11 is 0. The Morgan fingerprint density at radius 2 is 2.38 bits per heavy atom. The molecule has 1 amide bonds. The highest BCUT2D eigenvalue weighted by Crippen LogP contribution is 1.97. The molecular formula is C6H10NO+. The van der Waals surface area contributed by atoms with Gasteiger partial charge in [-0.05, 0) is 6.42 Å². The van der Waals surface area contributed by atoms with Crippen molar-refractivity contribution >= 4 is 12.6 Å². The molecular weight excluding hydrogens is 104 g/mol. The predicted octanol–water partition coefficient (Wildman–Crippen LogP) is 0.410. The summed E-state index contributed by atoms with van der Waals surface area (Å²) in [5.41, 5.74) is 0. The highest BCUT2D eigenvalue weighted by Gasteiger charge is 2.05. The molecule has 0 saturated carbocycles. The molecule has 1 aliphatic rings. The molecule has 0 N–H and O–H groups in total. The number of rotatable bonds is 1. The van der Waals surface area contributed by atoms with Crippen LogP contribution in [0.4, 0.5) is 0 Å². The van der Waals surface area contributed by atoms with Gasteiger partial charge in [0.15, 0.2) is 6.54 Å². The Labute approximate surface area is 48.8 Å². The lowest BCUT2D eigenvalue weighted by Crippen LogP contribution is -2.16. The maximum atomic E-state index is 10.1. The fourth-order valence-electron chi connectivity index (χ4n) is 0.883. The zero-order valence-electron chi connectivity index (χ0n) is 4.84. The van der Waals surface area contributed by atoms with E-state index < -0.39 is 0 Å². The monoisotopic (exact) mass is 114 g/mol. The van der Waals surface area contributed by atoms with E-state index in [9.17, 15) is 4.79 Å². The first-order valence-electron chi connectivity index (χ1n) is 2.98. The van der Waals surface area contributed by atoms with Crippen LogP contribution in [0.3, 0.4) is 0 Å². The maximum absolute atomic E-state index is 10.1. The summed E-state index contributed by atoms with van der Waals surface area (Å²) in [6.45, 7) is 0.920. The van der Waals surface area contributed by atoms with Crippen LogP contribution in [-0.2, 0) is 4.79 Å². The predicted molar refractivity (Wildman–Crippen MR) is 31.1 cm³/mol. The van der Waals surface area contributed by atoms with Gasteiger partial charge in [-0.3, -0.25) is 0 Å². The van der Waals surface area contributed by atoms with Crippen LogP contribution in [0.15, 0.2) is 0 Å². The van der Waals surface area contributed by atoms with Gasteiger partial charge < -0.3 is 0 Å². The molecule has 0 unspecified atom stereocenters. The van der Waals surface area contributed by atoms with Crippen molar-refractivity contribution in [3.8, 4) is 0 Å². The maximum Gasteiger partial charge on any atom is 0.374 e. The van der Waals surface area contributed by atoms with Crippen LogP contribution in [0.1, 0.15) is 19.3 Å². The Morgan fingerprint density at radius 1 is 1.50 bits per heavy atom. The minimum Gasteiger partial charge on any atom is -0.223 e. The average Bonchev–Trinajstić information content (AvgIpc) is 1.90. The van der Waals surface area contributed by atoms with Crippen molar-refractivity contribution in [2.75, 3.05) is 6.54 Å². The van der Waals surface area contributed by atoms with Crippen molar-refractivity contribution in [3.05, 3.63) is 0 Å². The van der Waals surface area contributed by atoms with Crippen molar-refractivity contribution in [1.82, 2.24) is 0 Å². The molecule has 0 fully saturated rings. The fraction of sp³-hybridized carbons (Fsp3) is 0.667. The lowest BCUT2D eigenvalue weighted by atomic mass is 10.3. The molecule has 2 nitrogen and oxygen atoms in total. The number of carbonyl (C=O) groups excluding carboxylic acids is 1. The topological polar surface area (TPSA) is 20.1 Å². The van der Waals surface area contributed by atoms with Gasteiger partial charge in [0.25, 0.3) is 0 Å². The van der Waals surface area contributed by atoms with Crippen LogP contribution in [0.5, 0.6) is 0 Å². The zero-order chi connectivity index (χ0) is 5.82. The highest BCUT2D eigenvalue weighted by atomic mass is 16.2. The second-order valence-electron chi connectivity index (χ2n) is 2.02. The van der Waals surface area contributed by atoms with Gasteiger partial charge in [-0.1, -0.05) is 0 Å². The lowest BCUT2D eigenvalue weighted by molar-refractivity contribution is -0.434. The van der Waals surface area contributed by atoms with Crippen molar-refractivity contribution in [2.45, 2.75) is 19.3 Å². The third kappa shape index (κ3) is 1.15. The summed E-state index contributed by atoms with van der Waals surface area (Å²) in [5.74, 6) is 0. The van der Waals surface area contributed by atoms with Crippen molar-refractivity contribution in [1.29, 1.82) is 0 Å². The third-order valence-electron chi connectivity index (χ3n) is 1.37. The summed E-state index contributed by atoms with van der Waals surface area (Å²) in [6.07, 6.45) is 6.31. The van der Waals surface area contributed by atoms with Crippen LogP contribution < -0.4 is 0 Å². The molecule has 0 atom stereocenters. The van der Waals surface area contributed by atoms with Crippen LogP contribution in [0.25, 0.3) is 0 Å². The van der Waals surface area contributed by atoms with Crippen LogP contribution in [0.2, 0.25) is 0 Å². The first-order valence-corrected chi connectivity index (χ1v) is 2.98. The van der Waals surface area contributed by atoms with Gasteiger partial charge >= 0.3 is 6.41 Å². The van der Waals surface area contributed by atoms with Gasteiger partial charge in [-0.2, -0.15) is 4.58 Å². The van der Waals surface area contributed by atoms with E-state index >= 15 is 0 Å². The molecule has 8 heavy (non-hydrogen) atoms. The standard InChI is InChI=1S/C6H10NO/c8-6-7-4-2-1-3-5-7/h4,6H,1-3,5H2/q+1/i5+1,6+1.